The summed E-state index contributed by atoms with van der Waals surface area (Å²) >= 11 is 1.17. The summed E-state index contributed by atoms with van der Waals surface area (Å²) in [4.78, 5) is 11.7. The predicted octanol–water partition coefficient (Wildman–Crippen LogP) is 1.37. The Kier molecular flexibility index (Phi) is 5.85. The van der Waals surface area contributed by atoms with Gasteiger partial charge in [-0.25, -0.2) is 8.42 Å². The fourth-order valence-corrected chi connectivity index (χ4v) is 4.70. The highest BCUT2D eigenvalue weighted by Gasteiger charge is 2.32. The molecule has 1 fully saturated rings. The lowest BCUT2D eigenvalue weighted by atomic mass is 10.1. The molecule has 0 unspecified atom stereocenters. The molecule has 0 saturated carbocycles. The van der Waals surface area contributed by atoms with Crippen molar-refractivity contribution in [3.05, 3.63) is 5.89 Å². The normalized spacial score (nSPS) is 21.6. The molecule has 0 aromatic carbocycles. The number of rotatable bonds is 7. The van der Waals surface area contributed by atoms with Crippen LogP contribution in [0.5, 0.6) is 0 Å². The van der Waals surface area contributed by atoms with Gasteiger partial charge in [0.1, 0.15) is 0 Å². The van der Waals surface area contributed by atoms with Gasteiger partial charge in [0.05, 0.1) is 23.2 Å². The highest BCUT2D eigenvalue weighted by Crippen LogP contribution is 2.29. The van der Waals surface area contributed by atoms with Crippen LogP contribution in [0.1, 0.15) is 44.9 Å². The molecule has 0 radical (unpaired) electrons. The Labute approximate surface area is 134 Å². The van der Waals surface area contributed by atoms with Crippen molar-refractivity contribution in [3.8, 4) is 0 Å². The van der Waals surface area contributed by atoms with Crippen LogP contribution in [0.2, 0.25) is 0 Å². The number of sulfone groups is 1. The van der Waals surface area contributed by atoms with Gasteiger partial charge in [0.2, 0.25) is 11.8 Å². The molecule has 7 nitrogen and oxygen atoms in total. The summed E-state index contributed by atoms with van der Waals surface area (Å²) in [5.41, 5.74) is 0. The Bertz CT molecular complexity index is 615. The van der Waals surface area contributed by atoms with E-state index in [9.17, 15) is 13.2 Å². The quantitative estimate of drug-likeness (QED) is 0.743. The molecule has 1 aromatic heterocycles. The van der Waals surface area contributed by atoms with Gasteiger partial charge in [0.15, 0.2) is 9.84 Å². The van der Waals surface area contributed by atoms with Crippen LogP contribution in [0.25, 0.3) is 0 Å². The largest absolute Gasteiger partial charge is 0.416 e. The number of carbonyl (C=O) groups is 1. The van der Waals surface area contributed by atoms with E-state index in [-0.39, 0.29) is 35.1 Å². The topological polar surface area (TPSA) is 102 Å². The van der Waals surface area contributed by atoms with Gasteiger partial charge < -0.3 is 9.73 Å². The van der Waals surface area contributed by atoms with Crippen molar-refractivity contribution in [3.63, 3.8) is 0 Å². The second kappa shape index (κ2) is 7.45. The van der Waals surface area contributed by atoms with E-state index in [4.69, 9.17) is 4.42 Å². The number of hydrogen-bond donors (Lipinski definition) is 1. The SMILES string of the molecule is CCC[C@@H](C)NC(=O)CSc1nnc([C@@H]2CCS(=O)(=O)C2)o1. The van der Waals surface area contributed by atoms with Gasteiger partial charge in [-0.15, -0.1) is 10.2 Å². The number of nitrogens with one attached hydrogen (secondary N) is 1. The minimum Gasteiger partial charge on any atom is -0.416 e. The first-order chi connectivity index (χ1) is 10.4. The number of nitrogens with zero attached hydrogens (tertiary/aromatic N) is 2. The summed E-state index contributed by atoms with van der Waals surface area (Å²) in [6.07, 6.45) is 2.48. The van der Waals surface area contributed by atoms with Crippen LogP contribution in [-0.4, -0.2) is 47.8 Å². The summed E-state index contributed by atoms with van der Waals surface area (Å²) in [5, 5.41) is 11.0. The molecule has 2 rings (SSSR count). The van der Waals surface area contributed by atoms with Gasteiger partial charge in [-0.2, -0.15) is 0 Å². The van der Waals surface area contributed by atoms with Gasteiger partial charge >= 0.3 is 0 Å². The molecule has 1 aliphatic heterocycles. The first-order valence-electron chi connectivity index (χ1n) is 7.35. The molecule has 22 heavy (non-hydrogen) atoms. The number of aromatic nitrogens is 2. The number of amides is 1. The van der Waals surface area contributed by atoms with E-state index < -0.39 is 9.84 Å². The van der Waals surface area contributed by atoms with E-state index in [0.29, 0.717) is 17.5 Å². The molecule has 1 aromatic rings. The first kappa shape index (κ1) is 17.3. The molecule has 0 aliphatic carbocycles. The molecule has 124 valence electrons. The third-order valence-corrected chi connectivity index (χ3v) is 6.05. The lowest BCUT2D eigenvalue weighted by Crippen LogP contribution is -2.33. The van der Waals surface area contributed by atoms with Crippen molar-refractivity contribution in [1.29, 1.82) is 0 Å². The number of hydrogen-bond acceptors (Lipinski definition) is 7. The lowest BCUT2D eigenvalue weighted by molar-refractivity contribution is -0.119. The van der Waals surface area contributed by atoms with Crippen molar-refractivity contribution >= 4 is 27.5 Å². The van der Waals surface area contributed by atoms with Crippen LogP contribution >= 0.6 is 11.8 Å². The summed E-state index contributed by atoms with van der Waals surface area (Å²) in [5.74, 6) is 0.496. The zero-order chi connectivity index (χ0) is 16.2. The summed E-state index contributed by atoms with van der Waals surface area (Å²) in [6.45, 7) is 4.04. The van der Waals surface area contributed by atoms with Crippen molar-refractivity contribution in [2.24, 2.45) is 0 Å². The average Bonchev–Trinajstić information content (AvgIpc) is 3.03. The van der Waals surface area contributed by atoms with Crippen LogP contribution in [-0.2, 0) is 14.6 Å². The molecular formula is C13H21N3O4S2. The lowest BCUT2D eigenvalue weighted by Gasteiger charge is -2.11. The van der Waals surface area contributed by atoms with Crippen molar-refractivity contribution in [1.82, 2.24) is 15.5 Å². The Balaban J connectivity index is 1.81. The third kappa shape index (κ3) is 4.98. The molecule has 1 aliphatic rings. The second-order valence-corrected chi connectivity index (χ2v) is 8.71. The van der Waals surface area contributed by atoms with Crippen LogP contribution in [0.3, 0.4) is 0 Å². The molecule has 2 atom stereocenters. The van der Waals surface area contributed by atoms with E-state index in [2.05, 4.69) is 22.4 Å². The fraction of sp³-hybridized carbons (Fsp3) is 0.769. The van der Waals surface area contributed by atoms with E-state index in [1.165, 1.54) is 11.8 Å². The highest BCUT2D eigenvalue weighted by atomic mass is 32.2. The van der Waals surface area contributed by atoms with Crippen LogP contribution in [0, 0.1) is 0 Å². The molecule has 0 spiro atoms. The Hall–Kier alpha value is -1.09. The molecule has 0 bridgehead atoms. The molecule has 1 saturated heterocycles. The zero-order valence-corrected chi connectivity index (χ0v) is 14.4. The fourth-order valence-electron chi connectivity index (χ4n) is 2.38. The molecule has 2 heterocycles. The van der Waals surface area contributed by atoms with Gasteiger partial charge in [-0.3, -0.25) is 4.79 Å². The smallest absolute Gasteiger partial charge is 0.277 e. The van der Waals surface area contributed by atoms with E-state index in [1.54, 1.807) is 0 Å². The Morgan fingerprint density at radius 1 is 1.50 bits per heavy atom. The van der Waals surface area contributed by atoms with Gasteiger partial charge in [-0.05, 0) is 19.8 Å². The molecular weight excluding hydrogens is 326 g/mol. The zero-order valence-electron chi connectivity index (χ0n) is 12.7. The van der Waals surface area contributed by atoms with Crippen LogP contribution in [0.4, 0.5) is 0 Å². The summed E-state index contributed by atoms with van der Waals surface area (Å²) < 4.78 is 28.3. The maximum atomic E-state index is 11.7. The standard InChI is InChI=1S/C13H21N3O4S2/c1-3-4-9(2)14-11(17)7-21-13-16-15-12(20-13)10-5-6-22(18,19)8-10/h9-10H,3-8H2,1-2H3,(H,14,17)/t9-,10-/m1/s1. The van der Waals surface area contributed by atoms with Gasteiger partial charge in [-0.1, -0.05) is 25.1 Å². The Morgan fingerprint density at radius 2 is 2.27 bits per heavy atom. The average molecular weight is 347 g/mol. The Morgan fingerprint density at radius 3 is 2.91 bits per heavy atom. The van der Waals surface area contributed by atoms with Crippen LogP contribution in [0.15, 0.2) is 9.64 Å². The molecule has 1 amide bonds. The van der Waals surface area contributed by atoms with Crippen molar-refractivity contribution < 1.29 is 17.6 Å². The maximum Gasteiger partial charge on any atom is 0.277 e. The van der Waals surface area contributed by atoms with E-state index in [0.717, 1.165) is 12.8 Å². The minimum absolute atomic E-state index is 0.0638. The second-order valence-electron chi connectivity index (χ2n) is 5.55. The molecule has 1 N–H and O–H groups in total. The van der Waals surface area contributed by atoms with Gasteiger partial charge in [0.25, 0.3) is 5.22 Å². The summed E-state index contributed by atoms with van der Waals surface area (Å²) in [7, 11) is -2.98. The number of thioether (sulfide) groups is 1. The predicted molar refractivity (Wildman–Crippen MR) is 83.5 cm³/mol. The number of carbonyl (C=O) groups excluding carboxylic acids is 1. The van der Waals surface area contributed by atoms with Crippen molar-refractivity contribution in [2.75, 3.05) is 17.3 Å². The summed E-state index contributed by atoms with van der Waals surface area (Å²) in [6, 6.07) is 0.153. The first-order valence-corrected chi connectivity index (χ1v) is 10.2. The monoisotopic (exact) mass is 347 g/mol. The van der Waals surface area contributed by atoms with Crippen LogP contribution < -0.4 is 5.32 Å². The van der Waals surface area contributed by atoms with Gasteiger partial charge in [0, 0.05) is 6.04 Å². The highest BCUT2D eigenvalue weighted by molar-refractivity contribution is 7.99. The third-order valence-electron chi connectivity index (χ3n) is 3.46. The van der Waals surface area contributed by atoms with E-state index in [1.807, 2.05) is 6.92 Å². The maximum absolute atomic E-state index is 11.7. The minimum atomic E-state index is -2.98. The van der Waals surface area contributed by atoms with E-state index >= 15 is 0 Å². The molecule has 9 heteroatoms. The van der Waals surface area contributed by atoms with Crippen molar-refractivity contribution in [2.45, 2.75) is 50.3 Å².